The van der Waals surface area contributed by atoms with E-state index in [9.17, 15) is 4.79 Å². The van der Waals surface area contributed by atoms with Gasteiger partial charge in [-0.3, -0.25) is 9.48 Å². The topological polar surface area (TPSA) is 34.9 Å². The molecular formula is C14H15BrN2OS. The van der Waals surface area contributed by atoms with Crippen LogP contribution in [0.4, 0.5) is 0 Å². The zero-order chi connectivity index (χ0) is 13.7. The van der Waals surface area contributed by atoms with Crippen molar-refractivity contribution in [2.75, 3.05) is 5.75 Å². The van der Waals surface area contributed by atoms with Gasteiger partial charge < -0.3 is 0 Å². The van der Waals surface area contributed by atoms with E-state index in [0.717, 1.165) is 21.5 Å². The summed E-state index contributed by atoms with van der Waals surface area (Å²) in [4.78, 5) is 13.0. The highest BCUT2D eigenvalue weighted by atomic mass is 79.9. The van der Waals surface area contributed by atoms with Gasteiger partial charge in [-0.25, -0.2) is 0 Å². The molecular weight excluding hydrogens is 324 g/mol. The lowest BCUT2D eigenvalue weighted by atomic mass is 10.2. The molecule has 1 aromatic carbocycles. The zero-order valence-corrected chi connectivity index (χ0v) is 13.1. The number of carbonyl (C=O) groups is 1. The van der Waals surface area contributed by atoms with E-state index in [4.69, 9.17) is 0 Å². The third-order valence-corrected chi connectivity index (χ3v) is 4.40. The fourth-order valence-electron chi connectivity index (χ4n) is 1.68. The normalized spacial score (nSPS) is 10.6. The van der Waals surface area contributed by atoms with E-state index in [-0.39, 0.29) is 5.78 Å². The maximum absolute atomic E-state index is 11.8. The Morgan fingerprint density at radius 2 is 2.05 bits per heavy atom. The molecule has 100 valence electrons. The predicted octanol–water partition coefficient (Wildman–Crippen LogP) is 3.48. The van der Waals surface area contributed by atoms with Crippen LogP contribution in [-0.4, -0.2) is 21.3 Å². The van der Waals surface area contributed by atoms with Crippen molar-refractivity contribution in [1.29, 1.82) is 0 Å². The number of benzene rings is 1. The van der Waals surface area contributed by atoms with Crippen molar-refractivity contribution >= 4 is 33.5 Å². The second-order valence-electron chi connectivity index (χ2n) is 4.23. The van der Waals surface area contributed by atoms with Crippen LogP contribution in [0.2, 0.25) is 0 Å². The highest BCUT2D eigenvalue weighted by Crippen LogP contribution is 2.21. The van der Waals surface area contributed by atoms with Crippen molar-refractivity contribution in [3.63, 3.8) is 0 Å². The number of nitrogens with zero attached hydrogens (tertiary/aromatic N) is 2. The average molecular weight is 339 g/mol. The molecule has 0 aliphatic carbocycles. The number of aromatic nitrogens is 2. The van der Waals surface area contributed by atoms with Gasteiger partial charge in [0, 0.05) is 34.7 Å². The molecule has 2 rings (SSSR count). The lowest BCUT2D eigenvalue weighted by Crippen LogP contribution is -2.06. The molecule has 0 amide bonds. The summed E-state index contributed by atoms with van der Waals surface area (Å²) in [6.45, 7) is 0. The van der Waals surface area contributed by atoms with Crippen molar-refractivity contribution in [3.05, 3.63) is 46.7 Å². The van der Waals surface area contributed by atoms with Gasteiger partial charge in [-0.1, -0.05) is 15.9 Å². The zero-order valence-electron chi connectivity index (χ0n) is 10.7. The minimum atomic E-state index is 0.272. The molecule has 3 nitrogen and oxygen atoms in total. The fourth-order valence-corrected chi connectivity index (χ4v) is 2.75. The highest BCUT2D eigenvalue weighted by Gasteiger charge is 2.06. The SMILES string of the molecule is Cn1nccc1CCC(=O)CSc1ccc(Br)cc1. The van der Waals surface area contributed by atoms with Crippen LogP contribution in [0, 0.1) is 0 Å². The molecule has 0 saturated carbocycles. The van der Waals surface area contributed by atoms with Crippen molar-refractivity contribution in [3.8, 4) is 0 Å². The van der Waals surface area contributed by atoms with Crippen molar-refractivity contribution < 1.29 is 4.79 Å². The van der Waals surface area contributed by atoms with E-state index in [1.807, 2.05) is 42.1 Å². The van der Waals surface area contributed by atoms with Crippen molar-refractivity contribution in [2.45, 2.75) is 17.7 Å². The molecule has 0 saturated heterocycles. The summed E-state index contributed by atoms with van der Waals surface area (Å²) >= 11 is 4.98. The number of ketones is 1. The summed E-state index contributed by atoms with van der Waals surface area (Å²) in [5, 5.41) is 4.09. The van der Waals surface area contributed by atoms with Gasteiger partial charge in [-0.15, -0.1) is 11.8 Å². The number of halogens is 1. The molecule has 0 radical (unpaired) electrons. The standard InChI is InChI=1S/C14H15BrN2OS/c1-17-12(8-9-16-17)4-5-13(18)10-19-14-6-2-11(15)3-7-14/h2-3,6-9H,4-5,10H2,1H3. The Hall–Kier alpha value is -1.07. The molecule has 0 N–H and O–H groups in total. The van der Waals surface area contributed by atoms with Gasteiger partial charge in [-0.05, 0) is 36.8 Å². The fraction of sp³-hybridized carbons (Fsp3) is 0.286. The van der Waals surface area contributed by atoms with E-state index < -0.39 is 0 Å². The van der Waals surface area contributed by atoms with Crippen LogP contribution in [0.25, 0.3) is 0 Å². The van der Waals surface area contributed by atoms with Gasteiger partial charge in [0.1, 0.15) is 5.78 Å². The van der Waals surface area contributed by atoms with Crippen LogP contribution >= 0.6 is 27.7 Å². The monoisotopic (exact) mass is 338 g/mol. The predicted molar refractivity (Wildman–Crippen MR) is 81.4 cm³/mol. The maximum atomic E-state index is 11.8. The van der Waals surface area contributed by atoms with Gasteiger partial charge in [0.05, 0.1) is 5.75 Å². The van der Waals surface area contributed by atoms with Crippen LogP contribution < -0.4 is 0 Å². The Balaban J connectivity index is 1.76. The van der Waals surface area contributed by atoms with E-state index in [1.54, 1.807) is 18.0 Å². The number of thioether (sulfide) groups is 1. The maximum Gasteiger partial charge on any atom is 0.143 e. The van der Waals surface area contributed by atoms with E-state index in [1.165, 1.54) is 0 Å². The summed E-state index contributed by atoms with van der Waals surface area (Å²) in [5.74, 6) is 0.800. The first kappa shape index (κ1) is 14.3. The minimum absolute atomic E-state index is 0.272. The molecule has 1 aromatic heterocycles. The molecule has 0 unspecified atom stereocenters. The van der Waals surface area contributed by atoms with E-state index >= 15 is 0 Å². The van der Waals surface area contributed by atoms with E-state index in [2.05, 4.69) is 21.0 Å². The van der Waals surface area contributed by atoms with Crippen LogP contribution in [0.1, 0.15) is 12.1 Å². The summed E-state index contributed by atoms with van der Waals surface area (Å²) < 4.78 is 2.87. The summed E-state index contributed by atoms with van der Waals surface area (Å²) in [7, 11) is 1.90. The Labute approximate surface area is 125 Å². The van der Waals surface area contributed by atoms with Gasteiger partial charge in [0.25, 0.3) is 0 Å². The van der Waals surface area contributed by atoms with Gasteiger partial charge in [-0.2, -0.15) is 5.10 Å². The molecule has 0 aliphatic rings. The Bertz CT molecular complexity index is 551. The van der Waals surface area contributed by atoms with Gasteiger partial charge in [0.2, 0.25) is 0 Å². The van der Waals surface area contributed by atoms with Crippen LogP contribution in [0.3, 0.4) is 0 Å². The van der Waals surface area contributed by atoms with E-state index in [0.29, 0.717) is 12.2 Å². The lowest BCUT2D eigenvalue weighted by molar-refractivity contribution is -0.116. The number of carbonyl (C=O) groups excluding carboxylic acids is 1. The summed E-state index contributed by atoms with van der Waals surface area (Å²) in [6.07, 6.45) is 3.09. The molecule has 2 aromatic rings. The smallest absolute Gasteiger partial charge is 0.143 e. The van der Waals surface area contributed by atoms with Crippen LogP contribution in [-0.2, 0) is 18.3 Å². The molecule has 19 heavy (non-hydrogen) atoms. The molecule has 0 bridgehead atoms. The quantitative estimate of drug-likeness (QED) is 0.756. The lowest BCUT2D eigenvalue weighted by Gasteiger charge is -2.03. The van der Waals surface area contributed by atoms with Crippen LogP contribution in [0.15, 0.2) is 45.9 Å². The summed E-state index contributed by atoms with van der Waals surface area (Å²) in [6, 6.07) is 9.96. The first-order valence-corrected chi connectivity index (χ1v) is 7.80. The first-order chi connectivity index (χ1) is 9.15. The minimum Gasteiger partial charge on any atom is -0.299 e. The van der Waals surface area contributed by atoms with Crippen molar-refractivity contribution in [2.24, 2.45) is 7.05 Å². The number of Topliss-reactive ketones (excluding diaryl/α,β-unsaturated/α-hetero) is 1. The highest BCUT2D eigenvalue weighted by molar-refractivity contribution is 9.10. The number of aryl methyl sites for hydroxylation is 2. The first-order valence-electron chi connectivity index (χ1n) is 6.02. The van der Waals surface area contributed by atoms with Gasteiger partial charge >= 0.3 is 0 Å². The molecule has 0 aliphatic heterocycles. The Kier molecular flexibility index (Phi) is 5.22. The Morgan fingerprint density at radius 3 is 2.68 bits per heavy atom. The average Bonchev–Trinajstić information content (AvgIpc) is 2.81. The third kappa shape index (κ3) is 4.51. The second-order valence-corrected chi connectivity index (χ2v) is 6.19. The molecule has 0 atom stereocenters. The number of hydrogen-bond donors (Lipinski definition) is 0. The molecule has 0 spiro atoms. The summed E-state index contributed by atoms with van der Waals surface area (Å²) in [5.41, 5.74) is 1.10. The second kappa shape index (κ2) is 6.91. The molecule has 0 fully saturated rings. The number of rotatable bonds is 6. The third-order valence-electron chi connectivity index (χ3n) is 2.80. The molecule has 5 heteroatoms. The van der Waals surface area contributed by atoms with Crippen LogP contribution in [0.5, 0.6) is 0 Å². The van der Waals surface area contributed by atoms with Gasteiger partial charge in [0.15, 0.2) is 0 Å². The largest absolute Gasteiger partial charge is 0.299 e. The molecule has 1 heterocycles. The van der Waals surface area contributed by atoms with Crippen molar-refractivity contribution in [1.82, 2.24) is 9.78 Å². The number of hydrogen-bond acceptors (Lipinski definition) is 3. The Morgan fingerprint density at radius 1 is 1.32 bits per heavy atom.